The van der Waals surface area contributed by atoms with Crippen LogP contribution in [0.1, 0.15) is 24.8 Å². The monoisotopic (exact) mass is 325 g/mol. The van der Waals surface area contributed by atoms with Crippen molar-refractivity contribution in [1.82, 2.24) is 5.32 Å². The molecule has 0 unspecified atom stereocenters. The molecule has 1 aliphatic carbocycles. The van der Waals surface area contributed by atoms with Crippen LogP contribution in [-0.4, -0.2) is 17.0 Å². The number of hydrogen-bond acceptors (Lipinski definition) is 3. The highest BCUT2D eigenvalue weighted by Gasteiger charge is 2.48. The number of nitrogens with zero attached hydrogens (tertiary/aromatic N) is 1. The number of benzene rings is 1. The number of carbonyl (C=O) groups excluding carboxylic acids is 1. The zero-order chi connectivity index (χ0) is 13.9. The lowest BCUT2D eigenvalue weighted by atomic mass is 9.67. The second-order valence-electron chi connectivity index (χ2n) is 4.73. The lowest BCUT2D eigenvalue weighted by Gasteiger charge is -2.38. The van der Waals surface area contributed by atoms with Gasteiger partial charge in [-0.3, -0.25) is 4.79 Å². The van der Waals surface area contributed by atoms with E-state index in [9.17, 15) is 4.79 Å². The summed E-state index contributed by atoms with van der Waals surface area (Å²) < 4.78 is 0.995. The number of nitrogens with one attached hydrogen (secondary N) is 1. The number of oxime groups is 1. The van der Waals surface area contributed by atoms with Gasteiger partial charge in [0.1, 0.15) is 5.41 Å². The fourth-order valence-electron chi connectivity index (χ4n) is 2.18. The third-order valence-corrected chi connectivity index (χ3v) is 4.13. The van der Waals surface area contributed by atoms with Gasteiger partial charge in [0.15, 0.2) is 5.84 Å². The third-order valence-electron chi connectivity index (χ3n) is 3.61. The van der Waals surface area contributed by atoms with Crippen LogP contribution in [0.25, 0.3) is 0 Å². The molecule has 0 saturated heterocycles. The van der Waals surface area contributed by atoms with Crippen molar-refractivity contribution in [3.05, 3.63) is 34.3 Å². The van der Waals surface area contributed by atoms with E-state index in [0.29, 0.717) is 19.4 Å². The molecule has 19 heavy (non-hydrogen) atoms. The van der Waals surface area contributed by atoms with E-state index in [-0.39, 0.29) is 11.7 Å². The molecule has 1 fully saturated rings. The maximum absolute atomic E-state index is 12.2. The van der Waals surface area contributed by atoms with Gasteiger partial charge in [-0.15, -0.1) is 0 Å². The van der Waals surface area contributed by atoms with Gasteiger partial charge >= 0.3 is 0 Å². The van der Waals surface area contributed by atoms with Crippen molar-refractivity contribution in [3.63, 3.8) is 0 Å². The summed E-state index contributed by atoms with van der Waals surface area (Å²) in [6.45, 7) is 0.437. The lowest BCUT2D eigenvalue weighted by molar-refractivity contribution is -0.131. The smallest absolute Gasteiger partial charge is 0.234 e. The van der Waals surface area contributed by atoms with Crippen molar-refractivity contribution in [1.29, 1.82) is 0 Å². The highest BCUT2D eigenvalue weighted by atomic mass is 79.9. The van der Waals surface area contributed by atoms with E-state index in [4.69, 9.17) is 10.9 Å². The molecule has 1 aromatic carbocycles. The molecule has 0 aromatic heterocycles. The van der Waals surface area contributed by atoms with E-state index in [1.807, 2.05) is 24.3 Å². The highest BCUT2D eigenvalue weighted by Crippen LogP contribution is 2.41. The highest BCUT2D eigenvalue weighted by molar-refractivity contribution is 9.10. The zero-order valence-corrected chi connectivity index (χ0v) is 12.0. The Labute approximate surface area is 120 Å². The van der Waals surface area contributed by atoms with Crippen molar-refractivity contribution in [3.8, 4) is 0 Å². The molecule has 102 valence electrons. The van der Waals surface area contributed by atoms with Crippen LogP contribution in [0.2, 0.25) is 0 Å². The first-order chi connectivity index (χ1) is 9.08. The van der Waals surface area contributed by atoms with Crippen molar-refractivity contribution in [2.24, 2.45) is 16.3 Å². The SMILES string of the molecule is N/C(=N/O)C1(C(=O)NCc2ccc(Br)cc2)CCC1. The molecule has 1 aromatic rings. The number of rotatable bonds is 4. The number of hydrogen-bond donors (Lipinski definition) is 3. The van der Waals surface area contributed by atoms with Crippen molar-refractivity contribution in [2.45, 2.75) is 25.8 Å². The van der Waals surface area contributed by atoms with Gasteiger partial charge in [-0.2, -0.15) is 0 Å². The molecule has 0 radical (unpaired) electrons. The Morgan fingerprint density at radius 2 is 2.05 bits per heavy atom. The van der Waals surface area contributed by atoms with Gasteiger partial charge in [-0.25, -0.2) is 0 Å². The summed E-state index contributed by atoms with van der Waals surface area (Å²) in [6.07, 6.45) is 2.19. The minimum Gasteiger partial charge on any atom is -0.409 e. The Balaban J connectivity index is 1.99. The maximum atomic E-state index is 12.2. The first-order valence-corrected chi connectivity index (χ1v) is 6.88. The van der Waals surface area contributed by atoms with Crippen LogP contribution < -0.4 is 11.1 Å². The van der Waals surface area contributed by atoms with Gasteiger partial charge in [-0.1, -0.05) is 39.6 Å². The molecule has 1 amide bonds. The van der Waals surface area contributed by atoms with Crippen molar-refractivity contribution >= 4 is 27.7 Å². The summed E-state index contributed by atoms with van der Waals surface area (Å²) >= 11 is 3.36. The Morgan fingerprint density at radius 1 is 1.42 bits per heavy atom. The minimum absolute atomic E-state index is 0.00653. The van der Waals surface area contributed by atoms with Gasteiger partial charge in [0.25, 0.3) is 0 Å². The van der Waals surface area contributed by atoms with Crippen LogP contribution in [0, 0.1) is 5.41 Å². The van der Waals surface area contributed by atoms with E-state index >= 15 is 0 Å². The summed E-state index contributed by atoms with van der Waals surface area (Å²) in [6, 6.07) is 7.71. The Kier molecular flexibility index (Phi) is 4.09. The summed E-state index contributed by atoms with van der Waals surface area (Å²) in [5.41, 5.74) is 5.83. The van der Waals surface area contributed by atoms with Crippen LogP contribution in [-0.2, 0) is 11.3 Å². The van der Waals surface area contributed by atoms with E-state index in [1.165, 1.54) is 0 Å². The number of halogens is 1. The fourth-order valence-corrected chi connectivity index (χ4v) is 2.44. The molecule has 0 heterocycles. The van der Waals surface area contributed by atoms with E-state index in [1.54, 1.807) is 0 Å². The fraction of sp³-hybridized carbons (Fsp3) is 0.385. The molecule has 4 N–H and O–H groups in total. The molecule has 0 spiro atoms. The number of amidine groups is 1. The summed E-state index contributed by atoms with van der Waals surface area (Å²) in [4.78, 5) is 12.2. The summed E-state index contributed by atoms with van der Waals surface area (Å²) in [5, 5.41) is 14.6. The summed E-state index contributed by atoms with van der Waals surface area (Å²) in [5.74, 6) is -0.163. The van der Waals surface area contributed by atoms with Gasteiger partial charge in [0.05, 0.1) is 0 Å². The van der Waals surface area contributed by atoms with Crippen LogP contribution in [0.15, 0.2) is 33.9 Å². The molecule has 2 rings (SSSR count). The van der Waals surface area contributed by atoms with Crippen molar-refractivity contribution in [2.75, 3.05) is 0 Å². The quantitative estimate of drug-likeness (QED) is 0.342. The normalized spacial score (nSPS) is 17.6. The van der Waals surface area contributed by atoms with Crippen LogP contribution >= 0.6 is 15.9 Å². The minimum atomic E-state index is -0.815. The molecule has 6 heteroatoms. The van der Waals surface area contributed by atoms with Gasteiger partial charge in [0.2, 0.25) is 5.91 Å². The standard InChI is InChI=1S/C13H16BrN3O2/c14-10-4-2-9(3-5-10)8-16-12(18)13(6-1-7-13)11(15)17-19/h2-5,19H,1,6-8H2,(H2,15,17)(H,16,18). The van der Waals surface area contributed by atoms with Crippen molar-refractivity contribution < 1.29 is 10.0 Å². The van der Waals surface area contributed by atoms with Crippen LogP contribution in [0.4, 0.5) is 0 Å². The Morgan fingerprint density at radius 3 is 2.53 bits per heavy atom. The predicted octanol–water partition coefficient (Wildman–Crippen LogP) is 1.98. The summed E-state index contributed by atoms with van der Waals surface area (Å²) in [7, 11) is 0. The van der Waals surface area contributed by atoms with Crippen LogP contribution in [0.3, 0.4) is 0 Å². The maximum Gasteiger partial charge on any atom is 0.234 e. The molecule has 0 aliphatic heterocycles. The lowest BCUT2D eigenvalue weighted by Crippen LogP contribution is -2.53. The van der Waals surface area contributed by atoms with E-state index in [2.05, 4.69) is 26.4 Å². The number of carbonyl (C=O) groups is 1. The van der Waals surface area contributed by atoms with Gasteiger partial charge in [0, 0.05) is 11.0 Å². The molecular formula is C13H16BrN3O2. The van der Waals surface area contributed by atoms with Crippen LogP contribution in [0.5, 0.6) is 0 Å². The first-order valence-electron chi connectivity index (χ1n) is 6.09. The largest absolute Gasteiger partial charge is 0.409 e. The molecular weight excluding hydrogens is 310 g/mol. The molecule has 1 aliphatic rings. The molecule has 1 saturated carbocycles. The zero-order valence-electron chi connectivity index (χ0n) is 10.4. The Bertz CT molecular complexity index is 495. The molecule has 0 bridgehead atoms. The first kappa shape index (κ1) is 13.9. The number of amides is 1. The average Bonchev–Trinajstić information content (AvgIpc) is 2.36. The second kappa shape index (κ2) is 5.61. The average molecular weight is 326 g/mol. The Hall–Kier alpha value is -1.56. The van der Waals surface area contributed by atoms with E-state index < -0.39 is 5.41 Å². The topological polar surface area (TPSA) is 87.7 Å². The second-order valence-corrected chi connectivity index (χ2v) is 5.65. The third kappa shape index (κ3) is 2.73. The van der Waals surface area contributed by atoms with Gasteiger partial charge < -0.3 is 16.3 Å². The molecule has 5 nitrogen and oxygen atoms in total. The molecule has 0 atom stereocenters. The van der Waals surface area contributed by atoms with E-state index in [0.717, 1.165) is 16.5 Å². The van der Waals surface area contributed by atoms with Gasteiger partial charge in [-0.05, 0) is 30.5 Å². The predicted molar refractivity (Wildman–Crippen MR) is 75.7 cm³/mol. The number of nitrogens with two attached hydrogens (primary N) is 1.